The van der Waals surface area contributed by atoms with E-state index in [9.17, 15) is 8.42 Å². The molecule has 0 radical (unpaired) electrons. The molecule has 1 atom stereocenters. The van der Waals surface area contributed by atoms with Gasteiger partial charge in [-0.3, -0.25) is 4.68 Å². The van der Waals surface area contributed by atoms with Crippen molar-refractivity contribution in [1.29, 1.82) is 0 Å². The number of methoxy groups -OCH3 is 1. The molecule has 2 aromatic rings. The van der Waals surface area contributed by atoms with Crippen LogP contribution in [0.15, 0.2) is 29.3 Å². The molecular weight excluding hydrogens is 342 g/mol. The molecule has 1 aliphatic heterocycles. The van der Waals surface area contributed by atoms with Crippen LogP contribution in [0.5, 0.6) is 11.5 Å². The molecule has 0 unspecified atom stereocenters. The van der Waals surface area contributed by atoms with Crippen LogP contribution in [0.1, 0.15) is 18.2 Å². The number of aromatic nitrogens is 2. The van der Waals surface area contributed by atoms with E-state index in [4.69, 9.17) is 9.47 Å². The second-order valence-electron chi connectivity index (χ2n) is 6.12. The average molecular weight is 365 g/mol. The van der Waals surface area contributed by atoms with Crippen LogP contribution in [-0.2, 0) is 23.0 Å². The lowest BCUT2D eigenvalue weighted by atomic mass is 9.96. The van der Waals surface area contributed by atoms with Crippen LogP contribution < -0.4 is 14.2 Å². The van der Waals surface area contributed by atoms with Crippen molar-refractivity contribution in [3.8, 4) is 11.5 Å². The van der Waals surface area contributed by atoms with Crippen molar-refractivity contribution in [2.45, 2.75) is 31.8 Å². The van der Waals surface area contributed by atoms with Crippen LogP contribution in [0.25, 0.3) is 0 Å². The molecule has 8 heteroatoms. The topological polar surface area (TPSA) is 82.5 Å². The molecule has 0 saturated carbocycles. The summed E-state index contributed by atoms with van der Waals surface area (Å²) in [7, 11) is -1.99. The minimum atomic E-state index is -3.60. The fourth-order valence-corrected chi connectivity index (χ4v) is 4.39. The number of hydrogen-bond donors (Lipinski definition) is 1. The molecular formula is C17H23N3O4S. The summed E-state index contributed by atoms with van der Waals surface area (Å²) in [6.45, 7) is 4.91. The Bertz CT molecular complexity index is 861. The number of fused-ring (bicyclic) bond motifs is 1. The molecule has 0 saturated heterocycles. The third-order valence-electron chi connectivity index (χ3n) is 4.25. The molecule has 136 valence electrons. The summed E-state index contributed by atoms with van der Waals surface area (Å²) >= 11 is 0. The second-order valence-corrected chi connectivity index (χ2v) is 7.84. The van der Waals surface area contributed by atoms with E-state index in [-0.39, 0.29) is 10.9 Å². The highest BCUT2D eigenvalue weighted by Crippen LogP contribution is 2.35. The Morgan fingerprint density at radius 3 is 2.96 bits per heavy atom. The predicted molar refractivity (Wildman–Crippen MR) is 93.5 cm³/mol. The van der Waals surface area contributed by atoms with Crippen LogP contribution in [-0.4, -0.2) is 38.5 Å². The van der Waals surface area contributed by atoms with E-state index in [1.54, 1.807) is 20.1 Å². The van der Waals surface area contributed by atoms with Gasteiger partial charge in [0.05, 0.1) is 19.4 Å². The predicted octanol–water partition coefficient (Wildman–Crippen LogP) is 1.75. The van der Waals surface area contributed by atoms with Crippen LogP contribution in [0.3, 0.4) is 0 Å². The van der Waals surface area contributed by atoms with Gasteiger partial charge in [0, 0.05) is 19.0 Å². The van der Waals surface area contributed by atoms with E-state index in [1.165, 1.54) is 4.68 Å². The Kier molecular flexibility index (Phi) is 5.01. The van der Waals surface area contributed by atoms with Gasteiger partial charge in [-0.15, -0.1) is 0 Å². The number of hydrogen-bond acceptors (Lipinski definition) is 5. The van der Waals surface area contributed by atoms with Crippen molar-refractivity contribution in [3.05, 3.63) is 35.5 Å². The highest BCUT2D eigenvalue weighted by atomic mass is 32.2. The van der Waals surface area contributed by atoms with Gasteiger partial charge in [0.1, 0.15) is 0 Å². The number of aryl methyl sites for hydroxylation is 2. The molecule has 1 aromatic heterocycles. The zero-order chi connectivity index (χ0) is 18.0. The monoisotopic (exact) mass is 365 g/mol. The fourth-order valence-electron chi connectivity index (χ4n) is 3.01. The average Bonchev–Trinajstić information content (AvgIpc) is 3.01. The molecule has 0 fully saturated rings. The van der Waals surface area contributed by atoms with Gasteiger partial charge < -0.3 is 9.47 Å². The Morgan fingerprint density at radius 2 is 2.24 bits per heavy atom. The molecule has 3 rings (SSSR count). The summed E-state index contributed by atoms with van der Waals surface area (Å²) in [6.07, 6.45) is 0.737. The quantitative estimate of drug-likeness (QED) is 0.843. The van der Waals surface area contributed by atoms with Gasteiger partial charge in [0.15, 0.2) is 16.5 Å². The third kappa shape index (κ3) is 3.64. The highest BCUT2D eigenvalue weighted by molar-refractivity contribution is 7.89. The molecule has 2 heterocycles. The number of sulfonamides is 1. The normalized spacial score (nSPS) is 17.0. The van der Waals surface area contributed by atoms with Crippen molar-refractivity contribution >= 4 is 10.0 Å². The summed E-state index contributed by atoms with van der Waals surface area (Å²) in [5, 5.41) is 4.40. The summed E-state index contributed by atoms with van der Waals surface area (Å²) in [5.74, 6) is 1.52. The van der Waals surface area contributed by atoms with Gasteiger partial charge in [-0.05, 0) is 38.0 Å². The first-order valence-corrected chi connectivity index (χ1v) is 9.75. The van der Waals surface area contributed by atoms with Gasteiger partial charge in [0.25, 0.3) is 10.0 Å². The molecule has 0 aliphatic carbocycles. The van der Waals surface area contributed by atoms with Gasteiger partial charge in [-0.25, -0.2) is 13.1 Å². The zero-order valence-electron chi connectivity index (χ0n) is 14.7. The van der Waals surface area contributed by atoms with E-state index < -0.39 is 10.0 Å². The van der Waals surface area contributed by atoms with Gasteiger partial charge >= 0.3 is 0 Å². The number of nitrogens with one attached hydrogen (secondary N) is 1. The third-order valence-corrected chi connectivity index (χ3v) is 5.68. The van der Waals surface area contributed by atoms with E-state index >= 15 is 0 Å². The Morgan fingerprint density at radius 1 is 1.44 bits per heavy atom. The maximum absolute atomic E-state index is 12.6. The van der Waals surface area contributed by atoms with E-state index in [0.29, 0.717) is 31.1 Å². The van der Waals surface area contributed by atoms with Crippen LogP contribution in [0, 0.1) is 12.8 Å². The smallest absolute Gasteiger partial charge is 0.257 e. The molecule has 0 amide bonds. The maximum atomic E-state index is 12.6. The van der Waals surface area contributed by atoms with Gasteiger partial charge in [-0.1, -0.05) is 12.1 Å². The lowest BCUT2D eigenvalue weighted by molar-refractivity contribution is 0.213. The molecule has 0 spiro atoms. The van der Waals surface area contributed by atoms with Gasteiger partial charge in [-0.2, -0.15) is 5.10 Å². The lowest BCUT2D eigenvalue weighted by Gasteiger charge is -2.26. The second kappa shape index (κ2) is 7.05. The van der Waals surface area contributed by atoms with E-state index in [0.717, 1.165) is 17.7 Å². The van der Waals surface area contributed by atoms with Crippen LogP contribution in [0.4, 0.5) is 0 Å². The lowest BCUT2D eigenvalue weighted by Crippen LogP contribution is -2.35. The van der Waals surface area contributed by atoms with Crippen molar-refractivity contribution in [1.82, 2.24) is 14.5 Å². The summed E-state index contributed by atoms with van der Waals surface area (Å²) in [6, 6.07) is 7.34. The van der Waals surface area contributed by atoms with Crippen molar-refractivity contribution in [3.63, 3.8) is 0 Å². The molecule has 1 aromatic carbocycles. The fraction of sp³-hybridized carbons (Fsp3) is 0.471. The first-order valence-electron chi connectivity index (χ1n) is 8.27. The number of ether oxygens (including phenoxy) is 2. The molecule has 1 aliphatic rings. The van der Waals surface area contributed by atoms with Crippen LogP contribution >= 0.6 is 0 Å². The maximum Gasteiger partial charge on any atom is 0.257 e. The number of nitrogens with zero attached hydrogens (tertiary/aromatic N) is 2. The molecule has 25 heavy (non-hydrogen) atoms. The molecule has 7 nitrogen and oxygen atoms in total. The number of benzene rings is 1. The van der Waals surface area contributed by atoms with E-state index in [1.807, 2.05) is 25.1 Å². The first-order chi connectivity index (χ1) is 11.9. The SMILES string of the molecule is CCn1nc(C)cc1S(=O)(=O)NC[C@H]1COc2c(cccc2OC)C1. The number of rotatable bonds is 6. The largest absolute Gasteiger partial charge is 0.493 e. The van der Waals surface area contributed by atoms with Crippen molar-refractivity contribution in [2.24, 2.45) is 5.92 Å². The van der Waals surface area contributed by atoms with E-state index in [2.05, 4.69) is 9.82 Å². The Balaban J connectivity index is 1.70. The molecule has 0 bridgehead atoms. The zero-order valence-corrected chi connectivity index (χ0v) is 15.5. The summed E-state index contributed by atoms with van der Waals surface area (Å²) < 4.78 is 40.5. The highest BCUT2D eigenvalue weighted by Gasteiger charge is 2.26. The molecule has 1 N–H and O–H groups in total. The first kappa shape index (κ1) is 17.8. The Hall–Kier alpha value is -2.06. The Labute approximate surface area is 148 Å². The summed E-state index contributed by atoms with van der Waals surface area (Å²) in [4.78, 5) is 0. The van der Waals surface area contributed by atoms with Crippen LogP contribution in [0.2, 0.25) is 0 Å². The number of para-hydroxylation sites is 1. The van der Waals surface area contributed by atoms with Gasteiger partial charge in [0.2, 0.25) is 0 Å². The van der Waals surface area contributed by atoms with Crippen molar-refractivity contribution in [2.75, 3.05) is 20.3 Å². The van der Waals surface area contributed by atoms with Crippen molar-refractivity contribution < 1.29 is 17.9 Å². The standard InChI is InChI=1S/C17H23N3O4S/c1-4-20-16(8-12(2)19-20)25(21,22)18-10-13-9-14-6-5-7-15(23-3)17(14)24-11-13/h5-8,13,18H,4,9-11H2,1-3H3/t13-/m0/s1. The minimum absolute atomic E-state index is 0.0634. The minimum Gasteiger partial charge on any atom is -0.493 e. The summed E-state index contributed by atoms with van der Waals surface area (Å²) in [5.41, 5.74) is 1.72.